The van der Waals surface area contributed by atoms with Crippen LogP contribution in [0.3, 0.4) is 0 Å². The predicted molar refractivity (Wildman–Crippen MR) is 130 cm³/mol. The molecule has 1 atom stereocenters. The molecule has 0 aliphatic carbocycles. The molecule has 0 aromatic heterocycles. The summed E-state index contributed by atoms with van der Waals surface area (Å²) < 4.78 is 0. The maximum atomic E-state index is 13.0. The van der Waals surface area contributed by atoms with Gasteiger partial charge in [0.1, 0.15) is 0 Å². The number of allylic oxidation sites excluding steroid dienone is 1. The molecule has 0 saturated heterocycles. The molecule has 7 heteroatoms. The van der Waals surface area contributed by atoms with E-state index in [0.717, 1.165) is 22.4 Å². The summed E-state index contributed by atoms with van der Waals surface area (Å²) in [6.07, 6.45) is 3.18. The molecule has 168 valence electrons. The molecule has 0 bridgehead atoms. The molecule has 5 rings (SSSR count). The maximum Gasteiger partial charge on any atom is 0.307 e. The molecule has 0 spiro atoms. The molecule has 34 heavy (non-hydrogen) atoms. The number of carbonyl (C=O) groups is 3. The molecule has 2 aliphatic heterocycles. The lowest BCUT2D eigenvalue weighted by molar-refractivity contribution is -0.136. The van der Waals surface area contributed by atoms with Crippen LogP contribution in [-0.2, 0) is 27.3 Å². The molecule has 2 heterocycles. The van der Waals surface area contributed by atoms with E-state index in [9.17, 15) is 19.5 Å². The summed E-state index contributed by atoms with van der Waals surface area (Å²) in [5.41, 5.74) is 6.08. The summed E-state index contributed by atoms with van der Waals surface area (Å²) in [5, 5.41) is 12.0. The van der Waals surface area contributed by atoms with Gasteiger partial charge >= 0.3 is 5.97 Å². The zero-order chi connectivity index (χ0) is 23.7. The summed E-state index contributed by atoms with van der Waals surface area (Å²) in [7, 11) is 0. The molecule has 0 radical (unpaired) electrons. The lowest BCUT2D eigenvalue weighted by Crippen LogP contribution is -2.25. The summed E-state index contributed by atoms with van der Waals surface area (Å²) in [6, 6.07) is 21.7. The van der Waals surface area contributed by atoms with Crippen molar-refractivity contribution in [3.8, 4) is 11.1 Å². The minimum Gasteiger partial charge on any atom is -0.481 e. The number of Topliss-reactive ketones (excluding diaryl/α,β-unsaturated/α-hetero) is 1. The van der Waals surface area contributed by atoms with E-state index in [-0.39, 0.29) is 12.2 Å². The summed E-state index contributed by atoms with van der Waals surface area (Å²) in [4.78, 5) is 42.0. The molecule has 3 aromatic carbocycles. The van der Waals surface area contributed by atoms with E-state index < -0.39 is 11.9 Å². The Morgan fingerprint density at radius 2 is 1.79 bits per heavy atom. The Hall–Kier alpha value is -4.52. The number of carboxylic acids is 1. The lowest BCUT2D eigenvalue weighted by Gasteiger charge is -2.25. The molecule has 0 saturated carbocycles. The number of amides is 1. The van der Waals surface area contributed by atoms with Crippen molar-refractivity contribution in [2.24, 2.45) is 4.99 Å². The summed E-state index contributed by atoms with van der Waals surface area (Å²) in [6.45, 7) is 0.474. The fourth-order valence-corrected chi connectivity index (χ4v) is 4.76. The van der Waals surface area contributed by atoms with Gasteiger partial charge in [-0.15, -0.1) is 0 Å². The van der Waals surface area contributed by atoms with E-state index in [1.54, 1.807) is 12.3 Å². The average Bonchev–Trinajstić information content (AvgIpc) is 3.16. The number of hydrogen-bond donors (Lipinski definition) is 2. The van der Waals surface area contributed by atoms with E-state index in [0.29, 0.717) is 35.5 Å². The largest absolute Gasteiger partial charge is 0.481 e. The highest BCUT2D eigenvalue weighted by molar-refractivity contribution is 6.33. The van der Waals surface area contributed by atoms with Crippen LogP contribution < -0.4 is 10.2 Å². The third-order valence-electron chi connectivity index (χ3n) is 6.16. The first kappa shape index (κ1) is 21.3. The van der Waals surface area contributed by atoms with Gasteiger partial charge in [0.2, 0.25) is 6.41 Å². The first-order valence-electron chi connectivity index (χ1n) is 10.8. The van der Waals surface area contributed by atoms with Crippen LogP contribution in [-0.4, -0.2) is 29.5 Å². The van der Waals surface area contributed by atoms with Gasteiger partial charge in [-0.1, -0.05) is 60.7 Å². The number of rotatable bonds is 7. The van der Waals surface area contributed by atoms with Crippen LogP contribution >= 0.6 is 0 Å². The van der Waals surface area contributed by atoms with Gasteiger partial charge in [0.05, 0.1) is 29.9 Å². The standard InChI is InChI=1S/C27H21N3O4/c31-16-29-27-18(12-24(33)34)10-11-21-26(27)25-22(13-28-14-23(25)32)30(21)15-19-8-4-5-9-20(19)17-6-2-1-3-7-17/h1-11,13-14,16,25H,12,15H2,(H,29,31)(H,33,34). The summed E-state index contributed by atoms with van der Waals surface area (Å²) in [5.74, 6) is -1.89. The Balaban J connectivity index is 1.65. The van der Waals surface area contributed by atoms with Crippen LogP contribution in [0.15, 0.2) is 83.6 Å². The molecular weight excluding hydrogens is 430 g/mol. The zero-order valence-corrected chi connectivity index (χ0v) is 18.1. The minimum absolute atomic E-state index is 0.209. The monoisotopic (exact) mass is 451 g/mol. The number of ketones is 1. The SMILES string of the molecule is O=CNc1c(CC(=O)O)ccc2c1C1C(=O)C=NC=C1N2Cc1ccccc1-c1ccccc1. The molecule has 1 amide bonds. The number of hydrogen-bond acceptors (Lipinski definition) is 5. The van der Waals surface area contributed by atoms with Crippen LogP contribution in [0.5, 0.6) is 0 Å². The predicted octanol–water partition coefficient (Wildman–Crippen LogP) is 4.15. The van der Waals surface area contributed by atoms with Crippen molar-refractivity contribution in [2.45, 2.75) is 18.9 Å². The highest BCUT2D eigenvalue weighted by Gasteiger charge is 2.41. The van der Waals surface area contributed by atoms with Crippen LogP contribution in [0.4, 0.5) is 11.4 Å². The Kier molecular flexibility index (Phi) is 5.51. The second-order valence-corrected chi connectivity index (χ2v) is 8.14. The Morgan fingerprint density at radius 3 is 2.56 bits per heavy atom. The molecule has 1 unspecified atom stereocenters. The topological polar surface area (TPSA) is 99.1 Å². The summed E-state index contributed by atoms with van der Waals surface area (Å²) >= 11 is 0. The van der Waals surface area contributed by atoms with Gasteiger partial charge in [-0.2, -0.15) is 0 Å². The van der Waals surface area contributed by atoms with Crippen molar-refractivity contribution >= 4 is 35.8 Å². The van der Waals surface area contributed by atoms with Gasteiger partial charge in [0, 0.05) is 24.0 Å². The Morgan fingerprint density at radius 1 is 1.03 bits per heavy atom. The first-order valence-corrected chi connectivity index (χ1v) is 10.8. The number of benzene rings is 3. The van der Waals surface area contributed by atoms with Gasteiger partial charge in [-0.05, 0) is 28.3 Å². The van der Waals surface area contributed by atoms with Gasteiger partial charge in [-0.25, -0.2) is 0 Å². The lowest BCUT2D eigenvalue weighted by atomic mass is 9.90. The second-order valence-electron chi connectivity index (χ2n) is 8.14. The van der Waals surface area contributed by atoms with E-state index in [1.807, 2.05) is 47.4 Å². The number of anilines is 2. The number of nitrogens with zero attached hydrogens (tertiary/aromatic N) is 2. The fourth-order valence-electron chi connectivity index (χ4n) is 4.76. The zero-order valence-electron chi connectivity index (χ0n) is 18.1. The minimum atomic E-state index is -1.02. The molecule has 0 fully saturated rings. The Bertz CT molecular complexity index is 1360. The first-order chi connectivity index (χ1) is 16.6. The molecular formula is C27H21N3O4. The maximum absolute atomic E-state index is 13.0. The number of fused-ring (bicyclic) bond motifs is 3. The average molecular weight is 451 g/mol. The van der Waals surface area contributed by atoms with Crippen LogP contribution in [0, 0.1) is 0 Å². The van der Waals surface area contributed by atoms with Gasteiger partial charge in [-0.3, -0.25) is 19.4 Å². The highest BCUT2D eigenvalue weighted by Crippen LogP contribution is 2.50. The van der Waals surface area contributed by atoms with Gasteiger partial charge in [0.15, 0.2) is 5.78 Å². The Labute approximate surface area is 196 Å². The van der Waals surface area contributed by atoms with Crippen molar-refractivity contribution in [3.63, 3.8) is 0 Å². The van der Waals surface area contributed by atoms with Crippen molar-refractivity contribution in [2.75, 3.05) is 10.2 Å². The second kappa shape index (κ2) is 8.78. The molecule has 2 aliphatic rings. The van der Waals surface area contributed by atoms with Crippen molar-refractivity contribution in [1.82, 2.24) is 0 Å². The molecule has 2 N–H and O–H groups in total. The van der Waals surface area contributed by atoms with Crippen molar-refractivity contribution in [1.29, 1.82) is 0 Å². The van der Waals surface area contributed by atoms with Gasteiger partial charge in [0.25, 0.3) is 0 Å². The van der Waals surface area contributed by atoms with Gasteiger partial charge < -0.3 is 15.3 Å². The smallest absolute Gasteiger partial charge is 0.307 e. The fraction of sp³-hybridized carbons (Fsp3) is 0.111. The highest BCUT2D eigenvalue weighted by atomic mass is 16.4. The van der Waals surface area contributed by atoms with E-state index in [1.165, 1.54) is 6.21 Å². The van der Waals surface area contributed by atoms with Crippen LogP contribution in [0.2, 0.25) is 0 Å². The number of aliphatic imine (C=N–C) groups is 1. The normalized spacial score (nSPS) is 16.0. The number of aliphatic carboxylic acids is 1. The quantitative estimate of drug-likeness (QED) is 0.526. The van der Waals surface area contributed by atoms with Crippen LogP contribution in [0.1, 0.15) is 22.6 Å². The van der Waals surface area contributed by atoms with E-state index in [2.05, 4.69) is 28.5 Å². The van der Waals surface area contributed by atoms with E-state index >= 15 is 0 Å². The number of carbonyl (C=O) groups excluding carboxylic acids is 2. The van der Waals surface area contributed by atoms with Crippen LogP contribution in [0.25, 0.3) is 11.1 Å². The van der Waals surface area contributed by atoms with Crippen molar-refractivity contribution < 1.29 is 19.5 Å². The molecule has 7 nitrogen and oxygen atoms in total. The number of nitrogens with one attached hydrogen (secondary N) is 1. The van der Waals surface area contributed by atoms with E-state index in [4.69, 9.17) is 0 Å². The third-order valence-corrected chi connectivity index (χ3v) is 6.16. The number of carboxylic acid groups (broad SMARTS) is 1. The molecule has 3 aromatic rings. The van der Waals surface area contributed by atoms with Crippen molar-refractivity contribution in [3.05, 3.63) is 95.3 Å². The third kappa shape index (κ3) is 3.67.